The molecule has 2 aromatic rings. The highest BCUT2D eigenvalue weighted by Crippen LogP contribution is 2.30. The van der Waals surface area contributed by atoms with Crippen molar-refractivity contribution in [2.75, 3.05) is 7.11 Å². The highest BCUT2D eigenvalue weighted by Gasteiger charge is 2.08. The summed E-state index contributed by atoms with van der Waals surface area (Å²) in [6.45, 7) is 1.72. The maximum absolute atomic E-state index is 9.66. The zero-order chi connectivity index (χ0) is 13.0. The number of hydrogen-bond acceptors (Lipinski definition) is 3. The lowest BCUT2D eigenvalue weighted by Crippen LogP contribution is -1.95. The molecule has 0 aromatic heterocycles. The van der Waals surface area contributed by atoms with Crippen molar-refractivity contribution in [3.63, 3.8) is 0 Å². The summed E-state index contributed by atoms with van der Waals surface area (Å²) < 4.78 is 10.8. The molecular formula is C15H16O3. The van der Waals surface area contributed by atoms with Crippen LogP contribution in [0.3, 0.4) is 0 Å². The van der Waals surface area contributed by atoms with Gasteiger partial charge in [-0.3, -0.25) is 0 Å². The second-order valence-electron chi connectivity index (χ2n) is 3.99. The summed E-state index contributed by atoms with van der Waals surface area (Å²) in [5.41, 5.74) is 0.772. The van der Waals surface area contributed by atoms with Gasteiger partial charge in [0, 0.05) is 5.56 Å². The third kappa shape index (κ3) is 2.81. The predicted octanol–water partition coefficient (Wildman–Crippen LogP) is 3.54. The van der Waals surface area contributed by atoms with Crippen molar-refractivity contribution < 1.29 is 14.6 Å². The smallest absolute Gasteiger partial charge is 0.133 e. The summed E-state index contributed by atoms with van der Waals surface area (Å²) in [5, 5.41) is 9.66. The topological polar surface area (TPSA) is 38.7 Å². The second kappa shape index (κ2) is 5.56. The molecule has 0 aliphatic rings. The van der Waals surface area contributed by atoms with E-state index in [1.165, 1.54) is 0 Å². The molecule has 2 rings (SSSR count). The van der Waals surface area contributed by atoms with Gasteiger partial charge in [-0.25, -0.2) is 0 Å². The van der Waals surface area contributed by atoms with Crippen LogP contribution >= 0.6 is 0 Å². The summed E-state index contributed by atoms with van der Waals surface area (Å²) >= 11 is 0. The Balaban J connectivity index is 2.22. The molecule has 0 radical (unpaired) electrons. The number of hydrogen-bond donors (Lipinski definition) is 1. The number of aliphatic hydroxyl groups is 1. The Bertz CT molecular complexity index is 503. The highest BCUT2D eigenvalue weighted by molar-refractivity contribution is 5.40. The molecule has 3 heteroatoms. The van der Waals surface area contributed by atoms with Crippen LogP contribution in [0.5, 0.6) is 17.2 Å². The summed E-state index contributed by atoms with van der Waals surface area (Å²) in [6, 6.07) is 14.8. The molecule has 0 fully saturated rings. The van der Waals surface area contributed by atoms with Crippen LogP contribution in [-0.4, -0.2) is 12.2 Å². The molecule has 0 heterocycles. The van der Waals surface area contributed by atoms with Crippen molar-refractivity contribution in [3.05, 3.63) is 54.1 Å². The van der Waals surface area contributed by atoms with E-state index in [0.717, 1.165) is 11.3 Å². The van der Waals surface area contributed by atoms with Gasteiger partial charge >= 0.3 is 0 Å². The molecule has 18 heavy (non-hydrogen) atoms. The van der Waals surface area contributed by atoms with Gasteiger partial charge < -0.3 is 14.6 Å². The lowest BCUT2D eigenvalue weighted by molar-refractivity contribution is 0.195. The Morgan fingerprint density at radius 2 is 1.56 bits per heavy atom. The molecule has 94 valence electrons. The molecule has 1 N–H and O–H groups in total. The van der Waals surface area contributed by atoms with Crippen molar-refractivity contribution >= 4 is 0 Å². The van der Waals surface area contributed by atoms with Gasteiger partial charge in [0.15, 0.2) is 0 Å². The normalized spacial score (nSPS) is 11.9. The van der Waals surface area contributed by atoms with Crippen LogP contribution in [0.2, 0.25) is 0 Å². The number of para-hydroxylation sites is 1. The highest BCUT2D eigenvalue weighted by atomic mass is 16.5. The van der Waals surface area contributed by atoms with E-state index in [2.05, 4.69) is 0 Å². The SMILES string of the molecule is COc1ccc(Oc2ccccc2C(C)O)cc1. The maximum Gasteiger partial charge on any atom is 0.133 e. The fourth-order valence-electron chi connectivity index (χ4n) is 1.69. The van der Waals surface area contributed by atoms with Crippen molar-refractivity contribution in [1.82, 2.24) is 0 Å². The van der Waals surface area contributed by atoms with Gasteiger partial charge in [0.05, 0.1) is 13.2 Å². The van der Waals surface area contributed by atoms with Gasteiger partial charge in [-0.05, 0) is 37.3 Å². The fraction of sp³-hybridized carbons (Fsp3) is 0.200. The molecule has 0 amide bonds. The Morgan fingerprint density at radius 1 is 0.944 bits per heavy atom. The van der Waals surface area contributed by atoms with Gasteiger partial charge in [-0.15, -0.1) is 0 Å². The van der Waals surface area contributed by atoms with E-state index in [0.29, 0.717) is 11.5 Å². The van der Waals surface area contributed by atoms with Gasteiger partial charge in [0.2, 0.25) is 0 Å². The minimum Gasteiger partial charge on any atom is -0.497 e. The minimum absolute atomic E-state index is 0.556. The number of aliphatic hydroxyl groups excluding tert-OH is 1. The monoisotopic (exact) mass is 244 g/mol. The average molecular weight is 244 g/mol. The molecule has 0 aliphatic heterocycles. The van der Waals surface area contributed by atoms with Crippen LogP contribution in [0.25, 0.3) is 0 Å². The Labute approximate surface area is 107 Å². The average Bonchev–Trinajstić information content (AvgIpc) is 2.40. The van der Waals surface area contributed by atoms with Crippen LogP contribution < -0.4 is 9.47 Å². The summed E-state index contributed by atoms with van der Waals surface area (Å²) in [6.07, 6.45) is -0.556. The van der Waals surface area contributed by atoms with Crippen LogP contribution in [0.4, 0.5) is 0 Å². The number of ether oxygens (including phenoxy) is 2. The standard InChI is InChI=1S/C15H16O3/c1-11(16)14-5-3-4-6-15(14)18-13-9-7-12(17-2)8-10-13/h3-11,16H,1-2H3. The predicted molar refractivity (Wildman–Crippen MR) is 70.1 cm³/mol. The van der Waals surface area contributed by atoms with E-state index in [-0.39, 0.29) is 0 Å². The molecule has 0 saturated heterocycles. The van der Waals surface area contributed by atoms with Gasteiger partial charge in [-0.2, -0.15) is 0 Å². The Morgan fingerprint density at radius 3 is 2.17 bits per heavy atom. The van der Waals surface area contributed by atoms with Gasteiger partial charge in [0.1, 0.15) is 17.2 Å². The quantitative estimate of drug-likeness (QED) is 0.894. The van der Waals surface area contributed by atoms with E-state index in [1.54, 1.807) is 14.0 Å². The first-order valence-corrected chi connectivity index (χ1v) is 5.79. The Kier molecular flexibility index (Phi) is 3.85. The van der Waals surface area contributed by atoms with Gasteiger partial charge in [-0.1, -0.05) is 18.2 Å². The number of rotatable bonds is 4. The lowest BCUT2D eigenvalue weighted by atomic mass is 10.1. The Hall–Kier alpha value is -2.00. The summed E-state index contributed by atoms with van der Waals surface area (Å²) in [5.74, 6) is 2.16. The van der Waals surface area contributed by atoms with Crippen molar-refractivity contribution in [2.45, 2.75) is 13.0 Å². The summed E-state index contributed by atoms with van der Waals surface area (Å²) in [7, 11) is 1.62. The number of methoxy groups -OCH3 is 1. The van der Waals surface area contributed by atoms with E-state index in [4.69, 9.17) is 9.47 Å². The molecule has 3 nitrogen and oxygen atoms in total. The zero-order valence-electron chi connectivity index (χ0n) is 10.5. The van der Waals surface area contributed by atoms with Crippen LogP contribution in [-0.2, 0) is 0 Å². The second-order valence-corrected chi connectivity index (χ2v) is 3.99. The van der Waals surface area contributed by atoms with Crippen LogP contribution in [0.15, 0.2) is 48.5 Å². The van der Waals surface area contributed by atoms with Crippen LogP contribution in [0.1, 0.15) is 18.6 Å². The van der Waals surface area contributed by atoms with E-state index in [1.807, 2.05) is 48.5 Å². The fourth-order valence-corrected chi connectivity index (χ4v) is 1.69. The first kappa shape index (κ1) is 12.5. The molecule has 1 atom stereocenters. The lowest BCUT2D eigenvalue weighted by Gasteiger charge is -2.13. The van der Waals surface area contributed by atoms with Crippen molar-refractivity contribution in [1.29, 1.82) is 0 Å². The van der Waals surface area contributed by atoms with E-state index >= 15 is 0 Å². The van der Waals surface area contributed by atoms with Crippen molar-refractivity contribution in [2.24, 2.45) is 0 Å². The van der Waals surface area contributed by atoms with E-state index < -0.39 is 6.10 Å². The molecule has 1 unspecified atom stereocenters. The molecule has 0 aliphatic carbocycles. The minimum atomic E-state index is -0.556. The van der Waals surface area contributed by atoms with Crippen molar-refractivity contribution in [3.8, 4) is 17.2 Å². The number of benzene rings is 2. The largest absolute Gasteiger partial charge is 0.497 e. The molecule has 0 spiro atoms. The first-order valence-electron chi connectivity index (χ1n) is 5.79. The third-order valence-corrected chi connectivity index (χ3v) is 2.66. The molecular weight excluding hydrogens is 228 g/mol. The maximum atomic E-state index is 9.66. The summed E-state index contributed by atoms with van der Waals surface area (Å²) in [4.78, 5) is 0. The molecule has 0 saturated carbocycles. The van der Waals surface area contributed by atoms with Crippen LogP contribution in [0, 0.1) is 0 Å². The third-order valence-electron chi connectivity index (χ3n) is 2.66. The van der Waals surface area contributed by atoms with Gasteiger partial charge in [0.25, 0.3) is 0 Å². The zero-order valence-corrected chi connectivity index (χ0v) is 10.5. The van der Waals surface area contributed by atoms with E-state index in [9.17, 15) is 5.11 Å². The first-order chi connectivity index (χ1) is 8.70. The molecule has 2 aromatic carbocycles. The molecule has 0 bridgehead atoms.